The Morgan fingerprint density at radius 2 is 1.71 bits per heavy atom. The highest BCUT2D eigenvalue weighted by molar-refractivity contribution is 7.92. The minimum absolute atomic E-state index is 0.0996. The number of rotatable bonds is 6. The summed E-state index contributed by atoms with van der Waals surface area (Å²) in [6.07, 6.45) is -3.41. The van der Waals surface area contributed by atoms with Crippen LogP contribution in [0.2, 0.25) is 5.02 Å². The van der Waals surface area contributed by atoms with Crippen molar-refractivity contribution in [1.82, 2.24) is 15.2 Å². The Morgan fingerprint density at radius 3 is 2.36 bits per heavy atom. The lowest BCUT2D eigenvalue weighted by Gasteiger charge is -2.41. The number of alkyl halides is 3. The molecule has 1 fully saturated rings. The molecule has 226 valence electrons. The lowest BCUT2D eigenvalue weighted by atomic mass is 9.91. The average Bonchev–Trinajstić information content (AvgIpc) is 2.86. The van der Waals surface area contributed by atoms with Gasteiger partial charge in [0.15, 0.2) is 0 Å². The third kappa shape index (κ3) is 7.82. The van der Waals surface area contributed by atoms with Crippen LogP contribution in [0.4, 0.5) is 24.5 Å². The Labute approximate surface area is 246 Å². The minimum Gasteiger partial charge on any atom is -0.380 e. The maximum absolute atomic E-state index is 13.7. The number of aromatic nitrogens is 1. The van der Waals surface area contributed by atoms with Gasteiger partial charge in [0.2, 0.25) is 15.9 Å². The van der Waals surface area contributed by atoms with Crippen LogP contribution in [0.3, 0.4) is 0 Å². The molecule has 0 bridgehead atoms. The summed E-state index contributed by atoms with van der Waals surface area (Å²) in [5.74, 6) is -0.687. The second kappa shape index (κ2) is 11.6. The number of nitrogens with zero attached hydrogens (tertiary/aromatic N) is 2. The summed E-state index contributed by atoms with van der Waals surface area (Å²) in [5.41, 5.74) is -1.18. The number of hydrogen-bond acceptors (Lipinski definition) is 6. The number of halogens is 4. The summed E-state index contributed by atoms with van der Waals surface area (Å²) in [4.78, 5) is 31.8. The van der Waals surface area contributed by atoms with Gasteiger partial charge in [-0.2, -0.15) is 13.2 Å². The zero-order valence-electron chi connectivity index (χ0n) is 23.3. The second-order valence-electron chi connectivity index (χ2n) is 11.4. The first-order chi connectivity index (χ1) is 19.4. The lowest BCUT2D eigenvalue weighted by molar-refractivity contribution is -0.141. The van der Waals surface area contributed by atoms with Gasteiger partial charge in [0.05, 0.1) is 11.8 Å². The number of sulfonamides is 1. The Morgan fingerprint density at radius 1 is 1.02 bits per heavy atom. The average molecular weight is 626 g/mol. The molecule has 0 spiro atoms. The highest BCUT2D eigenvalue weighted by Crippen LogP contribution is 2.35. The molecule has 1 aromatic heterocycles. The van der Waals surface area contributed by atoms with Crippen LogP contribution in [-0.2, 0) is 21.0 Å². The van der Waals surface area contributed by atoms with E-state index in [0.29, 0.717) is 10.4 Å². The minimum atomic E-state index is -4.69. The van der Waals surface area contributed by atoms with Gasteiger partial charge >= 0.3 is 6.18 Å². The van der Waals surface area contributed by atoms with Crippen LogP contribution in [0, 0.1) is 5.41 Å². The molecular weight excluding hydrogens is 595 g/mol. The van der Waals surface area contributed by atoms with E-state index < -0.39 is 45.3 Å². The Bertz CT molecular complexity index is 1630. The van der Waals surface area contributed by atoms with E-state index in [1.54, 1.807) is 25.7 Å². The molecule has 2 heterocycles. The van der Waals surface area contributed by atoms with Crippen molar-refractivity contribution in [3.8, 4) is 0 Å². The summed E-state index contributed by atoms with van der Waals surface area (Å²) >= 11 is 6.15. The van der Waals surface area contributed by atoms with Crippen LogP contribution in [0.25, 0.3) is 10.9 Å². The molecule has 1 saturated heterocycles. The molecule has 42 heavy (non-hydrogen) atoms. The van der Waals surface area contributed by atoms with Crippen LogP contribution < -0.4 is 15.4 Å². The third-order valence-electron chi connectivity index (χ3n) is 6.56. The van der Waals surface area contributed by atoms with E-state index in [9.17, 15) is 31.2 Å². The van der Waals surface area contributed by atoms with E-state index in [0.717, 1.165) is 12.3 Å². The van der Waals surface area contributed by atoms with Crippen LogP contribution in [0.15, 0.2) is 48.5 Å². The standard InChI is InChI=1S/C28H31ClF3N5O4S/c1-27(2,3)26(39)37-14-19(33-23-13-24(28(30,31)32)35-22-9-8-17(29)11-21(22)23)12-20(15-37)34-25(38)16-6-5-7-18(10-16)36-42(4,40)41/h5-11,13,19-20,36H,12,14-15H2,1-4H3,(H,33,35)(H,34,38). The summed E-state index contributed by atoms with van der Waals surface area (Å²) in [6.45, 7) is 5.64. The summed E-state index contributed by atoms with van der Waals surface area (Å²) in [6, 6.07) is 10.1. The van der Waals surface area contributed by atoms with Gasteiger partial charge in [0.1, 0.15) is 5.69 Å². The SMILES string of the molecule is CC(C)(C)C(=O)N1CC(NC(=O)c2cccc(NS(C)(=O)=O)c2)CC(Nc2cc(C(F)(F)F)nc3ccc(Cl)cc23)C1. The van der Waals surface area contributed by atoms with Crippen molar-refractivity contribution >= 4 is 55.7 Å². The van der Waals surface area contributed by atoms with E-state index >= 15 is 0 Å². The van der Waals surface area contributed by atoms with Crippen molar-refractivity contribution in [2.24, 2.45) is 5.41 Å². The number of pyridine rings is 1. The molecule has 0 aliphatic carbocycles. The number of carbonyl (C=O) groups is 2. The molecule has 3 N–H and O–H groups in total. The van der Waals surface area contributed by atoms with Gasteiger partial charge < -0.3 is 15.5 Å². The molecule has 2 unspecified atom stereocenters. The topological polar surface area (TPSA) is 121 Å². The number of anilines is 2. The summed E-state index contributed by atoms with van der Waals surface area (Å²) in [7, 11) is -3.56. The van der Waals surface area contributed by atoms with Gasteiger partial charge in [0.25, 0.3) is 5.91 Å². The molecule has 2 aromatic carbocycles. The number of likely N-dealkylation sites (tertiary alicyclic amines) is 1. The number of fused-ring (bicyclic) bond motifs is 1. The van der Waals surface area contributed by atoms with Crippen LogP contribution in [0.1, 0.15) is 43.2 Å². The van der Waals surface area contributed by atoms with Crippen LogP contribution in [-0.4, -0.2) is 61.5 Å². The van der Waals surface area contributed by atoms with Crippen molar-refractivity contribution in [3.05, 3.63) is 64.8 Å². The molecule has 4 rings (SSSR count). The van der Waals surface area contributed by atoms with E-state index in [1.807, 2.05) is 0 Å². The normalized spacial score (nSPS) is 18.0. The zero-order valence-corrected chi connectivity index (χ0v) is 24.9. The lowest BCUT2D eigenvalue weighted by Crippen LogP contribution is -2.57. The second-order valence-corrected chi connectivity index (χ2v) is 13.6. The number of hydrogen-bond donors (Lipinski definition) is 3. The number of nitrogens with one attached hydrogen (secondary N) is 3. The number of benzene rings is 2. The Balaban J connectivity index is 1.64. The largest absolute Gasteiger partial charge is 0.433 e. The quantitative estimate of drug-likeness (QED) is 0.349. The molecule has 14 heteroatoms. The van der Waals surface area contributed by atoms with Gasteiger partial charge in [-0.25, -0.2) is 13.4 Å². The van der Waals surface area contributed by atoms with Crippen molar-refractivity contribution < 1.29 is 31.2 Å². The summed E-state index contributed by atoms with van der Waals surface area (Å²) in [5, 5.41) is 6.75. The molecular formula is C28H31ClF3N5O4S. The highest BCUT2D eigenvalue weighted by Gasteiger charge is 2.37. The van der Waals surface area contributed by atoms with Crippen molar-refractivity contribution in [3.63, 3.8) is 0 Å². The smallest absolute Gasteiger partial charge is 0.380 e. The number of amides is 2. The monoisotopic (exact) mass is 625 g/mol. The van der Waals surface area contributed by atoms with E-state index in [2.05, 4.69) is 20.3 Å². The fraction of sp³-hybridized carbons (Fsp3) is 0.393. The predicted molar refractivity (Wildman–Crippen MR) is 156 cm³/mol. The Hall–Kier alpha value is -3.58. The van der Waals surface area contributed by atoms with Crippen molar-refractivity contribution in [2.75, 3.05) is 29.4 Å². The first-order valence-electron chi connectivity index (χ1n) is 13.0. The van der Waals surface area contributed by atoms with Crippen LogP contribution >= 0.6 is 11.6 Å². The fourth-order valence-corrected chi connectivity index (χ4v) is 5.56. The van der Waals surface area contributed by atoms with Gasteiger partial charge in [-0.05, 0) is 48.9 Å². The Kier molecular flexibility index (Phi) is 8.66. The number of carbonyl (C=O) groups excluding carboxylic acids is 2. The first-order valence-corrected chi connectivity index (χ1v) is 15.3. The molecule has 9 nitrogen and oxygen atoms in total. The fourth-order valence-electron chi connectivity index (χ4n) is 4.84. The van der Waals surface area contributed by atoms with Crippen molar-refractivity contribution in [2.45, 2.75) is 45.5 Å². The van der Waals surface area contributed by atoms with E-state index in [1.165, 1.54) is 42.5 Å². The molecule has 1 aliphatic rings. The first kappa shape index (κ1) is 31.4. The molecule has 2 atom stereocenters. The van der Waals surface area contributed by atoms with Crippen LogP contribution in [0.5, 0.6) is 0 Å². The van der Waals surface area contributed by atoms with Gasteiger partial charge in [-0.1, -0.05) is 38.4 Å². The molecule has 2 amide bonds. The van der Waals surface area contributed by atoms with Gasteiger partial charge in [0, 0.05) is 57.9 Å². The summed E-state index contributed by atoms with van der Waals surface area (Å²) < 4.78 is 66.6. The van der Waals surface area contributed by atoms with E-state index in [-0.39, 0.29) is 47.9 Å². The third-order valence-corrected chi connectivity index (χ3v) is 7.40. The highest BCUT2D eigenvalue weighted by atomic mass is 35.5. The molecule has 1 aliphatic heterocycles. The molecule has 0 saturated carbocycles. The van der Waals surface area contributed by atoms with Gasteiger partial charge in [-0.3, -0.25) is 14.3 Å². The maximum atomic E-state index is 13.7. The van der Waals surface area contributed by atoms with Crippen molar-refractivity contribution in [1.29, 1.82) is 0 Å². The predicted octanol–water partition coefficient (Wildman–Crippen LogP) is 5.14. The van der Waals surface area contributed by atoms with E-state index in [4.69, 9.17) is 11.6 Å². The number of piperidine rings is 1. The molecule has 0 radical (unpaired) electrons. The van der Waals surface area contributed by atoms with Gasteiger partial charge in [-0.15, -0.1) is 0 Å². The maximum Gasteiger partial charge on any atom is 0.433 e. The zero-order chi connectivity index (χ0) is 31.0. The molecule has 3 aromatic rings.